The fraction of sp³-hybridized carbons (Fsp3) is 0.214. The summed E-state index contributed by atoms with van der Waals surface area (Å²) in [4.78, 5) is 8.04. The summed E-state index contributed by atoms with van der Waals surface area (Å²) in [5.41, 5.74) is 6.05. The molecule has 0 saturated carbocycles. The first kappa shape index (κ1) is 15.6. The van der Waals surface area contributed by atoms with Gasteiger partial charge in [0.25, 0.3) is 6.43 Å². The number of hydrogen-bond donors (Lipinski definition) is 2. The standard InChI is InChI=1S/C14H12ClF2N5O/c15-7-5-8-11(21-22-14(8)19-6-7)9-1-2-10(23-4-3-18)12(20-9)13(16)17/h1-2,5-6,13H,3-4,18H2,(H,19,21,22). The average molecular weight is 340 g/mol. The van der Waals surface area contributed by atoms with E-state index in [1.807, 2.05) is 0 Å². The van der Waals surface area contributed by atoms with Crippen LogP contribution in [-0.4, -0.2) is 33.3 Å². The molecule has 120 valence electrons. The molecule has 23 heavy (non-hydrogen) atoms. The summed E-state index contributed by atoms with van der Waals surface area (Å²) >= 11 is 5.92. The first-order valence-corrected chi connectivity index (χ1v) is 7.10. The van der Waals surface area contributed by atoms with Crippen LogP contribution >= 0.6 is 11.6 Å². The third-order valence-corrected chi connectivity index (χ3v) is 3.31. The molecular weight excluding hydrogens is 328 g/mol. The number of pyridine rings is 2. The Bertz CT molecular complexity index is 839. The van der Waals surface area contributed by atoms with Crippen molar-refractivity contribution < 1.29 is 13.5 Å². The number of rotatable bonds is 5. The lowest BCUT2D eigenvalue weighted by Crippen LogP contribution is -2.12. The number of nitrogens with zero attached hydrogens (tertiary/aromatic N) is 3. The van der Waals surface area contributed by atoms with E-state index in [0.29, 0.717) is 27.4 Å². The molecule has 0 unspecified atom stereocenters. The van der Waals surface area contributed by atoms with Gasteiger partial charge in [-0.1, -0.05) is 11.6 Å². The molecule has 3 aromatic heterocycles. The fourth-order valence-electron chi connectivity index (χ4n) is 2.12. The maximum absolute atomic E-state index is 13.2. The van der Waals surface area contributed by atoms with Gasteiger partial charge in [-0.05, 0) is 18.2 Å². The minimum absolute atomic E-state index is 0.00850. The van der Waals surface area contributed by atoms with Crippen molar-refractivity contribution in [3.63, 3.8) is 0 Å². The van der Waals surface area contributed by atoms with Gasteiger partial charge in [-0.25, -0.2) is 18.7 Å². The molecule has 0 amide bonds. The molecule has 0 spiro atoms. The second-order valence-corrected chi connectivity index (χ2v) is 5.08. The van der Waals surface area contributed by atoms with Gasteiger partial charge in [-0.15, -0.1) is 0 Å². The van der Waals surface area contributed by atoms with Crippen molar-refractivity contribution >= 4 is 22.6 Å². The van der Waals surface area contributed by atoms with Gasteiger partial charge < -0.3 is 10.5 Å². The van der Waals surface area contributed by atoms with E-state index in [1.165, 1.54) is 12.3 Å². The fourth-order valence-corrected chi connectivity index (χ4v) is 2.28. The average Bonchev–Trinajstić information content (AvgIpc) is 2.95. The van der Waals surface area contributed by atoms with Crippen LogP contribution in [0.3, 0.4) is 0 Å². The van der Waals surface area contributed by atoms with E-state index in [-0.39, 0.29) is 18.9 Å². The summed E-state index contributed by atoms with van der Waals surface area (Å²) in [6.45, 7) is 0.354. The second-order valence-electron chi connectivity index (χ2n) is 4.64. The highest BCUT2D eigenvalue weighted by atomic mass is 35.5. The van der Waals surface area contributed by atoms with E-state index < -0.39 is 12.1 Å². The Morgan fingerprint density at radius 2 is 2.17 bits per heavy atom. The molecular formula is C14H12ClF2N5O. The summed E-state index contributed by atoms with van der Waals surface area (Å²) in [5, 5.41) is 7.77. The van der Waals surface area contributed by atoms with E-state index in [0.717, 1.165) is 0 Å². The molecule has 0 atom stereocenters. The van der Waals surface area contributed by atoms with Crippen molar-refractivity contribution in [2.45, 2.75) is 6.43 Å². The van der Waals surface area contributed by atoms with Gasteiger partial charge in [0, 0.05) is 18.1 Å². The molecule has 3 rings (SSSR count). The highest BCUT2D eigenvalue weighted by Gasteiger charge is 2.19. The Kier molecular flexibility index (Phi) is 4.35. The van der Waals surface area contributed by atoms with E-state index in [4.69, 9.17) is 22.1 Å². The van der Waals surface area contributed by atoms with Gasteiger partial charge in [0.2, 0.25) is 0 Å². The Balaban J connectivity index is 2.08. The molecule has 3 aromatic rings. The zero-order valence-corrected chi connectivity index (χ0v) is 12.5. The van der Waals surface area contributed by atoms with Gasteiger partial charge in [0.1, 0.15) is 18.1 Å². The molecule has 0 aliphatic carbocycles. The Morgan fingerprint density at radius 3 is 2.91 bits per heavy atom. The molecule has 9 heteroatoms. The zero-order chi connectivity index (χ0) is 16.4. The maximum Gasteiger partial charge on any atom is 0.284 e. The van der Waals surface area contributed by atoms with E-state index >= 15 is 0 Å². The van der Waals surface area contributed by atoms with Crippen LogP contribution in [0, 0.1) is 0 Å². The van der Waals surface area contributed by atoms with Gasteiger partial charge in [0.05, 0.1) is 16.4 Å². The van der Waals surface area contributed by atoms with Crippen LogP contribution in [0.25, 0.3) is 22.4 Å². The highest BCUT2D eigenvalue weighted by Crippen LogP contribution is 2.32. The molecule has 3 heterocycles. The molecule has 6 nitrogen and oxygen atoms in total. The van der Waals surface area contributed by atoms with Crippen LogP contribution < -0.4 is 10.5 Å². The maximum atomic E-state index is 13.2. The Morgan fingerprint density at radius 1 is 1.35 bits per heavy atom. The normalized spacial score (nSPS) is 11.3. The number of ether oxygens (including phenoxy) is 1. The zero-order valence-electron chi connectivity index (χ0n) is 11.8. The number of nitrogens with two attached hydrogens (primary N) is 1. The molecule has 0 bridgehead atoms. The third kappa shape index (κ3) is 3.08. The van der Waals surface area contributed by atoms with Gasteiger partial charge >= 0.3 is 0 Å². The summed E-state index contributed by atoms with van der Waals surface area (Å²) in [6, 6.07) is 4.64. The quantitative estimate of drug-likeness (QED) is 0.746. The number of aromatic amines is 1. The van der Waals surface area contributed by atoms with Gasteiger partial charge in [0.15, 0.2) is 5.65 Å². The largest absolute Gasteiger partial charge is 0.490 e. The number of aromatic nitrogens is 4. The molecule has 3 N–H and O–H groups in total. The van der Waals surface area contributed by atoms with Crippen molar-refractivity contribution in [2.24, 2.45) is 5.73 Å². The topological polar surface area (TPSA) is 89.7 Å². The van der Waals surface area contributed by atoms with Crippen molar-refractivity contribution in [1.82, 2.24) is 20.2 Å². The SMILES string of the molecule is NCCOc1ccc(-c2[nH]nc3ncc(Cl)cc23)nc1C(F)F. The molecule has 0 saturated heterocycles. The van der Waals surface area contributed by atoms with Gasteiger partial charge in [-0.3, -0.25) is 5.10 Å². The lowest BCUT2D eigenvalue weighted by atomic mass is 10.2. The lowest BCUT2D eigenvalue weighted by molar-refractivity contribution is 0.140. The summed E-state index contributed by atoms with van der Waals surface area (Å²) in [5.74, 6) is 0.00850. The van der Waals surface area contributed by atoms with E-state index in [1.54, 1.807) is 12.1 Å². The number of hydrogen-bond acceptors (Lipinski definition) is 5. The summed E-state index contributed by atoms with van der Waals surface area (Å²) in [7, 11) is 0. The number of H-pyrrole nitrogens is 1. The molecule has 0 aliphatic heterocycles. The van der Waals surface area contributed by atoms with E-state index in [2.05, 4.69) is 20.2 Å². The van der Waals surface area contributed by atoms with E-state index in [9.17, 15) is 8.78 Å². The van der Waals surface area contributed by atoms with Crippen molar-refractivity contribution in [2.75, 3.05) is 13.2 Å². The minimum Gasteiger partial charge on any atom is -0.490 e. The molecule has 0 fully saturated rings. The van der Waals surface area contributed by atoms with Crippen LogP contribution in [0.2, 0.25) is 5.02 Å². The second kappa shape index (κ2) is 6.43. The molecule has 0 radical (unpaired) electrons. The summed E-state index contributed by atoms with van der Waals surface area (Å²) in [6.07, 6.45) is -1.32. The van der Waals surface area contributed by atoms with Crippen molar-refractivity contribution in [3.8, 4) is 17.1 Å². The highest BCUT2D eigenvalue weighted by molar-refractivity contribution is 6.31. The smallest absolute Gasteiger partial charge is 0.284 e. The number of alkyl halides is 2. The lowest BCUT2D eigenvalue weighted by Gasteiger charge is -2.10. The Hall–Kier alpha value is -2.32. The monoisotopic (exact) mass is 339 g/mol. The number of halogens is 3. The van der Waals surface area contributed by atoms with Crippen LogP contribution in [0.5, 0.6) is 5.75 Å². The minimum atomic E-state index is -2.78. The number of fused-ring (bicyclic) bond motifs is 1. The molecule has 0 aliphatic rings. The first-order valence-electron chi connectivity index (χ1n) is 6.72. The Labute approximate surface area is 134 Å². The number of nitrogens with one attached hydrogen (secondary N) is 1. The summed E-state index contributed by atoms with van der Waals surface area (Å²) < 4.78 is 31.6. The predicted octanol–water partition coefficient (Wildman–Crippen LogP) is 2.95. The van der Waals surface area contributed by atoms with Crippen LogP contribution in [-0.2, 0) is 0 Å². The van der Waals surface area contributed by atoms with Crippen molar-refractivity contribution in [1.29, 1.82) is 0 Å². The third-order valence-electron chi connectivity index (χ3n) is 3.10. The van der Waals surface area contributed by atoms with Crippen LogP contribution in [0.1, 0.15) is 12.1 Å². The predicted molar refractivity (Wildman–Crippen MR) is 81.6 cm³/mol. The van der Waals surface area contributed by atoms with Gasteiger partial charge in [-0.2, -0.15) is 5.10 Å². The molecule has 0 aromatic carbocycles. The van der Waals surface area contributed by atoms with Crippen molar-refractivity contribution in [3.05, 3.63) is 35.1 Å². The van der Waals surface area contributed by atoms with Crippen LogP contribution in [0.15, 0.2) is 24.4 Å². The van der Waals surface area contributed by atoms with Crippen LogP contribution in [0.4, 0.5) is 8.78 Å². The first-order chi connectivity index (χ1) is 11.1.